The maximum atomic E-state index is 13.1. The number of carbonyl (C=O) groups excluding carboxylic acids is 2. The highest BCUT2D eigenvalue weighted by atomic mass is 32.2. The van der Waals surface area contributed by atoms with E-state index in [0.29, 0.717) is 24.4 Å². The Kier molecular flexibility index (Phi) is 8.41. The van der Waals surface area contributed by atoms with Crippen molar-refractivity contribution in [2.75, 3.05) is 32.9 Å². The van der Waals surface area contributed by atoms with E-state index in [1.165, 1.54) is 28.6 Å². The number of aliphatic hydroxyl groups excluding tert-OH is 1. The zero-order chi connectivity index (χ0) is 23.1. The SMILES string of the molecule is C=CC(=O)NC1CC(CO)N(S(=O)(=O)c2ccc(C(=O)NCCC3CCOCC3)cc2)C1. The zero-order valence-electron chi connectivity index (χ0n) is 18.0. The van der Waals surface area contributed by atoms with Gasteiger partial charge < -0.3 is 20.5 Å². The van der Waals surface area contributed by atoms with E-state index in [2.05, 4.69) is 17.2 Å². The highest BCUT2D eigenvalue weighted by Gasteiger charge is 2.40. The van der Waals surface area contributed by atoms with Gasteiger partial charge in [-0.2, -0.15) is 4.31 Å². The number of carbonyl (C=O) groups is 2. The summed E-state index contributed by atoms with van der Waals surface area (Å²) in [6, 6.07) is 4.71. The van der Waals surface area contributed by atoms with Crippen LogP contribution in [0.15, 0.2) is 41.8 Å². The lowest BCUT2D eigenvalue weighted by atomic mass is 9.97. The topological polar surface area (TPSA) is 125 Å². The number of hydrogen-bond donors (Lipinski definition) is 3. The van der Waals surface area contributed by atoms with Gasteiger partial charge in [-0.15, -0.1) is 0 Å². The van der Waals surface area contributed by atoms with Gasteiger partial charge >= 0.3 is 0 Å². The van der Waals surface area contributed by atoms with Crippen LogP contribution in [0.25, 0.3) is 0 Å². The molecule has 2 saturated heterocycles. The van der Waals surface area contributed by atoms with Gasteiger partial charge in [0.25, 0.3) is 5.91 Å². The van der Waals surface area contributed by atoms with E-state index in [1.807, 2.05) is 0 Å². The van der Waals surface area contributed by atoms with Gasteiger partial charge in [-0.1, -0.05) is 6.58 Å². The van der Waals surface area contributed by atoms with Gasteiger partial charge in [0.1, 0.15) is 0 Å². The zero-order valence-corrected chi connectivity index (χ0v) is 18.9. The Bertz CT molecular complexity index is 912. The normalized spacial score (nSPS) is 22.4. The van der Waals surface area contributed by atoms with Crippen molar-refractivity contribution in [2.24, 2.45) is 5.92 Å². The molecule has 2 heterocycles. The van der Waals surface area contributed by atoms with E-state index < -0.39 is 28.0 Å². The first kappa shape index (κ1) is 24.4. The number of benzene rings is 1. The second-order valence-electron chi connectivity index (χ2n) is 8.18. The predicted molar refractivity (Wildman–Crippen MR) is 118 cm³/mol. The minimum atomic E-state index is -3.90. The predicted octanol–water partition coefficient (Wildman–Crippen LogP) is 0.659. The number of hydrogen-bond acceptors (Lipinski definition) is 6. The second-order valence-corrected chi connectivity index (χ2v) is 10.1. The largest absolute Gasteiger partial charge is 0.395 e. The molecule has 3 N–H and O–H groups in total. The third-order valence-corrected chi connectivity index (χ3v) is 7.94. The van der Waals surface area contributed by atoms with E-state index >= 15 is 0 Å². The minimum Gasteiger partial charge on any atom is -0.395 e. The quantitative estimate of drug-likeness (QED) is 0.460. The maximum Gasteiger partial charge on any atom is 0.251 e. The van der Waals surface area contributed by atoms with E-state index in [1.54, 1.807) is 0 Å². The summed E-state index contributed by atoms with van der Waals surface area (Å²) in [4.78, 5) is 24.0. The fourth-order valence-electron chi connectivity index (χ4n) is 4.15. The molecular weight excluding hydrogens is 434 g/mol. The van der Waals surface area contributed by atoms with Crippen LogP contribution in [-0.2, 0) is 19.6 Å². The molecule has 2 aliphatic heterocycles. The van der Waals surface area contributed by atoms with Crippen molar-refractivity contribution in [1.29, 1.82) is 0 Å². The van der Waals surface area contributed by atoms with Crippen molar-refractivity contribution >= 4 is 21.8 Å². The third-order valence-electron chi connectivity index (χ3n) is 6.01. The molecule has 0 saturated carbocycles. The van der Waals surface area contributed by atoms with Crippen LogP contribution >= 0.6 is 0 Å². The number of rotatable bonds is 9. The number of amides is 2. The van der Waals surface area contributed by atoms with Gasteiger partial charge in [0.15, 0.2) is 0 Å². The molecule has 32 heavy (non-hydrogen) atoms. The summed E-state index contributed by atoms with van der Waals surface area (Å²) < 4.78 is 32.7. The number of nitrogens with one attached hydrogen (secondary N) is 2. The molecule has 2 fully saturated rings. The average molecular weight is 466 g/mol. The van der Waals surface area contributed by atoms with Crippen LogP contribution in [0.1, 0.15) is 36.0 Å². The molecular formula is C22H31N3O6S. The van der Waals surface area contributed by atoms with Crippen LogP contribution in [-0.4, -0.2) is 74.6 Å². The molecule has 0 radical (unpaired) electrons. The molecule has 2 unspecified atom stereocenters. The van der Waals surface area contributed by atoms with Crippen molar-refractivity contribution in [1.82, 2.24) is 14.9 Å². The van der Waals surface area contributed by atoms with Crippen molar-refractivity contribution in [3.63, 3.8) is 0 Å². The number of sulfonamides is 1. The van der Waals surface area contributed by atoms with Crippen LogP contribution in [0.4, 0.5) is 0 Å². The number of nitrogens with zero attached hydrogens (tertiary/aromatic N) is 1. The Morgan fingerprint density at radius 1 is 1.22 bits per heavy atom. The van der Waals surface area contributed by atoms with Crippen LogP contribution in [0.2, 0.25) is 0 Å². The van der Waals surface area contributed by atoms with Gasteiger partial charge in [-0.05, 0) is 61.9 Å². The molecule has 1 aromatic rings. The van der Waals surface area contributed by atoms with Crippen molar-refractivity contribution in [3.8, 4) is 0 Å². The average Bonchev–Trinajstić information content (AvgIpc) is 3.23. The first-order valence-electron chi connectivity index (χ1n) is 10.9. The van der Waals surface area contributed by atoms with Crippen LogP contribution in [0.5, 0.6) is 0 Å². The smallest absolute Gasteiger partial charge is 0.251 e. The Balaban J connectivity index is 1.60. The van der Waals surface area contributed by atoms with E-state index in [-0.39, 0.29) is 24.0 Å². The Labute approximate surface area is 188 Å². The summed E-state index contributed by atoms with van der Waals surface area (Å²) in [5, 5.41) is 15.2. The lowest BCUT2D eigenvalue weighted by Crippen LogP contribution is -2.39. The van der Waals surface area contributed by atoms with Crippen LogP contribution in [0, 0.1) is 5.92 Å². The molecule has 2 atom stereocenters. The summed E-state index contributed by atoms with van der Waals surface area (Å²) in [7, 11) is -3.90. The third kappa shape index (κ3) is 5.94. The fraction of sp³-hybridized carbons (Fsp3) is 0.545. The lowest BCUT2D eigenvalue weighted by molar-refractivity contribution is -0.117. The van der Waals surface area contributed by atoms with Crippen molar-refractivity contribution < 1.29 is 27.9 Å². The summed E-state index contributed by atoms with van der Waals surface area (Å²) in [5.74, 6) is -0.0858. The molecule has 0 aliphatic carbocycles. The number of ether oxygens (including phenoxy) is 1. The van der Waals surface area contributed by atoms with E-state index in [0.717, 1.165) is 38.6 Å². The highest BCUT2D eigenvalue weighted by Crippen LogP contribution is 2.26. The van der Waals surface area contributed by atoms with Crippen molar-refractivity contribution in [2.45, 2.75) is 42.7 Å². The molecule has 1 aromatic carbocycles. The second kappa shape index (κ2) is 11.0. The monoisotopic (exact) mass is 465 g/mol. The van der Waals surface area contributed by atoms with Crippen LogP contribution in [0.3, 0.4) is 0 Å². The first-order chi connectivity index (χ1) is 15.3. The van der Waals surface area contributed by atoms with Gasteiger partial charge in [0.05, 0.1) is 17.5 Å². The first-order valence-corrected chi connectivity index (χ1v) is 12.3. The minimum absolute atomic E-state index is 0.0328. The molecule has 10 heteroatoms. The van der Waals surface area contributed by atoms with Crippen LogP contribution < -0.4 is 10.6 Å². The Morgan fingerprint density at radius 3 is 2.53 bits per heavy atom. The Morgan fingerprint density at radius 2 is 1.91 bits per heavy atom. The molecule has 0 spiro atoms. The molecule has 9 nitrogen and oxygen atoms in total. The van der Waals surface area contributed by atoms with Gasteiger partial charge in [-0.3, -0.25) is 9.59 Å². The highest BCUT2D eigenvalue weighted by molar-refractivity contribution is 7.89. The Hall–Kier alpha value is -2.27. The summed E-state index contributed by atoms with van der Waals surface area (Å²) in [5.41, 5.74) is 0.382. The molecule has 3 rings (SSSR count). The molecule has 0 aromatic heterocycles. The summed E-state index contributed by atoms with van der Waals surface area (Å²) >= 11 is 0. The van der Waals surface area contributed by atoms with Crippen molar-refractivity contribution in [3.05, 3.63) is 42.5 Å². The van der Waals surface area contributed by atoms with Gasteiger partial charge in [0.2, 0.25) is 15.9 Å². The molecule has 0 bridgehead atoms. The fourth-order valence-corrected chi connectivity index (χ4v) is 5.82. The van der Waals surface area contributed by atoms with Gasteiger partial charge in [0, 0.05) is 37.9 Å². The number of aliphatic hydroxyl groups is 1. The standard InChI is InChI=1S/C22H31N3O6S/c1-2-21(27)24-18-13-19(15-26)25(14-18)32(29,30)20-5-3-17(4-6-20)22(28)23-10-7-16-8-11-31-12-9-16/h2-6,16,18-19,26H,1,7-15H2,(H,23,28)(H,24,27). The van der Waals surface area contributed by atoms with E-state index in [4.69, 9.17) is 4.74 Å². The molecule has 2 aliphatic rings. The lowest BCUT2D eigenvalue weighted by Gasteiger charge is -2.22. The van der Waals surface area contributed by atoms with E-state index in [9.17, 15) is 23.1 Å². The summed E-state index contributed by atoms with van der Waals surface area (Å²) in [6.45, 7) is 5.19. The molecule has 2 amide bonds. The summed E-state index contributed by atoms with van der Waals surface area (Å²) in [6.07, 6.45) is 4.34. The van der Waals surface area contributed by atoms with Gasteiger partial charge in [-0.25, -0.2) is 8.42 Å². The maximum absolute atomic E-state index is 13.1. The molecule has 176 valence electrons.